The monoisotopic (exact) mass is 373 g/mol. The van der Waals surface area contributed by atoms with Gasteiger partial charge in [0.05, 0.1) is 13.4 Å². The van der Waals surface area contributed by atoms with Crippen LogP contribution in [-0.2, 0) is 10.0 Å². The predicted octanol–water partition coefficient (Wildman–Crippen LogP) is 3.27. The first-order valence-electron chi connectivity index (χ1n) is 7.91. The molecule has 0 fully saturated rings. The number of rotatable bonds is 6. The van der Waals surface area contributed by atoms with Crippen LogP contribution in [0, 0.1) is 0 Å². The Bertz CT molecular complexity index is 997. The fourth-order valence-corrected chi connectivity index (χ4v) is 3.05. The Morgan fingerprint density at radius 3 is 2.54 bits per heavy atom. The van der Waals surface area contributed by atoms with Crippen LogP contribution >= 0.6 is 0 Å². The summed E-state index contributed by atoms with van der Waals surface area (Å²) in [6.07, 6.45) is 1.10. The van der Waals surface area contributed by atoms with Crippen molar-refractivity contribution in [3.63, 3.8) is 0 Å². The molecule has 0 saturated heterocycles. The molecule has 0 saturated carbocycles. The van der Waals surface area contributed by atoms with E-state index in [4.69, 9.17) is 9.26 Å². The molecule has 1 atom stereocenters. The van der Waals surface area contributed by atoms with E-state index in [-0.39, 0.29) is 5.92 Å². The summed E-state index contributed by atoms with van der Waals surface area (Å²) in [5.74, 6) is 1.65. The number of aromatic nitrogens is 2. The highest BCUT2D eigenvalue weighted by Crippen LogP contribution is 2.27. The van der Waals surface area contributed by atoms with E-state index in [0.29, 0.717) is 23.0 Å². The fraction of sp³-hybridized carbons (Fsp3) is 0.222. The molecule has 1 heterocycles. The number of anilines is 1. The first-order valence-corrected chi connectivity index (χ1v) is 9.80. The molecule has 0 amide bonds. The molecular formula is C18H19N3O4S. The van der Waals surface area contributed by atoms with Crippen molar-refractivity contribution in [3.05, 3.63) is 59.9 Å². The molecule has 1 unspecified atom stereocenters. The molecule has 0 aliphatic rings. The molecule has 3 rings (SSSR count). The highest BCUT2D eigenvalue weighted by Gasteiger charge is 2.17. The van der Waals surface area contributed by atoms with Crippen LogP contribution in [0.15, 0.2) is 53.1 Å². The maximum Gasteiger partial charge on any atom is 0.257 e. The number of sulfonamides is 1. The molecule has 0 spiro atoms. The van der Waals surface area contributed by atoms with Gasteiger partial charge in [-0.2, -0.15) is 4.98 Å². The first-order chi connectivity index (χ1) is 12.4. The standard InChI is InChI=1S/C18H19N3O4S/c1-12(14-5-4-6-16(11-14)24-2)17-19-18(25-20-17)13-7-9-15(10-8-13)21-26(3,22)23/h4-12,21H,1-3H3. The third kappa shape index (κ3) is 4.20. The third-order valence-electron chi connectivity index (χ3n) is 3.86. The van der Waals surface area contributed by atoms with Gasteiger partial charge in [0.1, 0.15) is 5.75 Å². The number of nitrogens with one attached hydrogen (secondary N) is 1. The van der Waals surface area contributed by atoms with Gasteiger partial charge in [0, 0.05) is 17.2 Å². The minimum atomic E-state index is -3.31. The average molecular weight is 373 g/mol. The smallest absolute Gasteiger partial charge is 0.257 e. The van der Waals surface area contributed by atoms with Gasteiger partial charge in [-0.3, -0.25) is 4.72 Å². The van der Waals surface area contributed by atoms with Gasteiger partial charge in [0.2, 0.25) is 10.0 Å². The predicted molar refractivity (Wildman–Crippen MR) is 98.7 cm³/mol. The van der Waals surface area contributed by atoms with E-state index in [2.05, 4.69) is 14.9 Å². The van der Waals surface area contributed by atoms with E-state index in [1.807, 2.05) is 31.2 Å². The molecule has 26 heavy (non-hydrogen) atoms. The Kier molecular flexibility index (Phi) is 4.94. The number of methoxy groups -OCH3 is 1. The fourth-order valence-electron chi connectivity index (χ4n) is 2.48. The number of hydrogen-bond donors (Lipinski definition) is 1. The lowest BCUT2D eigenvalue weighted by Gasteiger charge is -2.08. The molecule has 0 bridgehead atoms. The minimum Gasteiger partial charge on any atom is -0.497 e. The van der Waals surface area contributed by atoms with Gasteiger partial charge in [-0.05, 0) is 42.0 Å². The van der Waals surface area contributed by atoms with Crippen molar-refractivity contribution >= 4 is 15.7 Å². The largest absolute Gasteiger partial charge is 0.497 e. The second kappa shape index (κ2) is 7.17. The zero-order valence-corrected chi connectivity index (χ0v) is 15.4. The van der Waals surface area contributed by atoms with Crippen LogP contribution in [-0.4, -0.2) is 31.9 Å². The molecular weight excluding hydrogens is 354 g/mol. The van der Waals surface area contributed by atoms with Crippen molar-refractivity contribution in [2.24, 2.45) is 0 Å². The molecule has 0 radical (unpaired) electrons. The van der Waals surface area contributed by atoms with Crippen molar-refractivity contribution in [3.8, 4) is 17.2 Å². The topological polar surface area (TPSA) is 94.3 Å². The van der Waals surface area contributed by atoms with Crippen LogP contribution in [0.3, 0.4) is 0 Å². The van der Waals surface area contributed by atoms with Gasteiger partial charge in [0.25, 0.3) is 5.89 Å². The van der Waals surface area contributed by atoms with Crippen LogP contribution in [0.1, 0.15) is 24.2 Å². The summed E-state index contributed by atoms with van der Waals surface area (Å²) in [6.45, 7) is 1.99. The van der Waals surface area contributed by atoms with Gasteiger partial charge in [-0.25, -0.2) is 8.42 Å². The maximum absolute atomic E-state index is 11.3. The van der Waals surface area contributed by atoms with Crippen molar-refractivity contribution in [1.29, 1.82) is 0 Å². The van der Waals surface area contributed by atoms with Crippen LogP contribution in [0.25, 0.3) is 11.5 Å². The van der Waals surface area contributed by atoms with Gasteiger partial charge in [-0.15, -0.1) is 0 Å². The molecule has 3 aromatic rings. The lowest BCUT2D eigenvalue weighted by molar-refractivity contribution is 0.413. The molecule has 136 valence electrons. The second-order valence-corrected chi connectivity index (χ2v) is 7.66. The van der Waals surface area contributed by atoms with E-state index < -0.39 is 10.0 Å². The molecule has 8 heteroatoms. The lowest BCUT2D eigenvalue weighted by Crippen LogP contribution is -2.09. The van der Waals surface area contributed by atoms with E-state index in [1.54, 1.807) is 31.4 Å². The summed E-state index contributed by atoms with van der Waals surface area (Å²) in [5.41, 5.74) is 2.20. The molecule has 0 aliphatic heterocycles. The molecule has 0 aliphatic carbocycles. The zero-order valence-electron chi connectivity index (χ0n) is 14.6. The molecule has 2 aromatic carbocycles. The van der Waals surface area contributed by atoms with Crippen molar-refractivity contribution in [2.45, 2.75) is 12.8 Å². The quantitative estimate of drug-likeness (QED) is 0.713. The maximum atomic E-state index is 11.3. The highest BCUT2D eigenvalue weighted by molar-refractivity contribution is 7.92. The lowest BCUT2D eigenvalue weighted by atomic mass is 10.0. The molecule has 7 nitrogen and oxygen atoms in total. The Hall–Kier alpha value is -2.87. The van der Waals surface area contributed by atoms with Crippen molar-refractivity contribution in [2.75, 3.05) is 18.1 Å². The molecule has 1 aromatic heterocycles. The Morgan fingerprint density at radius 2 is 1.88 bits per heavy atom. The SMILES string of the molecule is COc1cccc(C(C)c2noc(-c3ccc(NS(C)(=O)=O)cc3)n2)c1. The number of benzene rings is 2. The molecule has 1 N–H and O–H groups in total. The van der Waals surface area contributed by atoms with Gasteiger partial charge >= 0.3 is 0 Å². The number of hydrogen-bond acceptors (Lipinski definition) is 6. The summed E-state index contributed by atoms with van der Waals surface area (Å²) >= 11 is 0. The van der Waals surface area contributed by atoms with Crippen LogP contribution < -0.4 is 9.46 Å². The van der Waals surface area contributed by atoms with E-state index in [0.717, 1.165) is 17.6 Å². The average Bonchev–Trinajstić information content (AvgIpc) is 3.10. The number of ether oxygens (including phenoxy) is 1. The van der Waals surface area contributed by atoms with Crippen LogP contribution in [0.4, 0.5) is 5.69 Å². The van der Waals surface area contributed by atoms with E-state index in [1.165, 1.54) is 0 Å². The summed E-state index contributed by atoms with van der Waals surface area (Å²) in [4.78, 5) is 4.46. The number of nitrogens with zero attached hydrogens (tertiary/aromatic N) is 2. The summed E-state index contributed by atoms with van der Waals surface area (Å²) in [7, 11) is -1.69. The second-order valence-electron chi connectivity index (χ2n) is 5.91. The normalized spacial score (nSPS) is 12.6. The van der Waals surface area contributed by atoms with E-state index in [9.17, 15) is 8.42 Å². The highest BCUT2D eigenvalue weighted by atomic mass is 32.2. The minimum absolute atomic E-state index is 0.0613. The Labute approximate surface area is 152 Å². The Balaban J connectivity index is 1.80. The third-order valence-corrected chi connectivity index (χ3v) is 4.46. The van der Waals surface area contributed by atoms with Crippen molar-refractivity contribution < 1.29 is 17.7 Å². The first kappa shape index (κ1) is 17.9. The Morgan fingerprint density at radius 1 is 1.15 bits per heavy atom. The van der Waals surface area contributed by atoms with E-state index >= 15 is 0 Å². The van der Waals surface area contributed by atoms with Gasteiger partial charge < -0.3 is 9.26 Å². The summed E-state index contributed by atoms with van der Waals surface area (Å²) in [6, 6.07) is 14.4. The zero-order chi connectivity index (χ0) is 18.7. The summed E-state index contributed by atoms with van der Waals surface area (Å²) in [5, 5.41) is 4.07. The van der Waals surface area contributed by atoms with Crippen LogP contribution in [0.5, 0.6) is 5.75 Å². The van der Waals surface area contributed by atoms with Crippen LogP contribution in [0.2, 0.25) is 0 Å². The van der Waals surface area contributed by atoms with Crippen molar-refractivity contribution in [1.82, 2.24) is 10.1 Å². The summed E-state index contributed by atoms with van der Waals surface area (Å²) < 4.78 is 35.5. The van der Waals surface area contributed by atoms with Gasteiger partial charge in [-0.1, -0.05) is 24.2 Å². The van der Waals surface area contributed by atoms with Gasteiger partial charge in [0.15, 0.2) is 5.82 Å².